The second kappa shape index (κ2) is 8.06. The number of amides is 1. The number of nitrogens with one attached hydrogen (secondary N) is 1. The van der Waals surface area contributed by atoms with Gasteiger partial charge in [-0.3, -0.25) is 4.79 Å². The number of carbonyl (C=O) groups is 1. The summed E-state index contributed by atoms with van der Waals surface area (Å²) in [4.78, 5) is 12.8. The fourth-order valence-electron chi connectivity index (χ4n) is 3.12. The fourth-order valence-corrected chi connectivity index (χ4v) is 4.78. The van der Waals surface area contributed by atoms with E-state index in [2.05, 4.69) is 5.32 Å². The Labute approximate surface area is 158 Å². The van der Waals surface area contributed by atoms with Crippen LogP contribution in [0.1, 0.15) is 19.3 Å². The number of carbonyl (C=O) groups excluding carboxylic acids is 1. The quantitative estimate of drug-likeness (QED) is 0.849. The smallest absolute Gasteiger partial charge is 0.243 e. The minimum absolute atomic E-state index is 0.0232. The van der Waals surface area contributed by atoms with Crippen LogP contribution < -0.4 is 10.1 Å². The molecule has 6 nitrogen and oxygen atoms in total. The molecule has 0 aromatic heterocycles. The topological polar surface area (TPSA) is 75.7 Å². The fraction of sp³-hybridized carbons (Fsp3) is 0.316. The molecule has 2 aromatic rings. The molecule has 8 heteroatoms. The van der Waals surface area contributed by atoms with Gasteiger partial charge in [0, 0.05) is 18.3 Å². The van der Waals surface area contributed by atoms with Gasteiger partial charge in [0.2, 0.25) is 15.9 Å². The highest BCUT2D eigenvalue weighted by Crippen LogP contribution is 2.27. The standard InChI is InChI=1S/C19H21FN2O4S/c1-26-16-6-4-5-15(13-16)21-19(23)18-7-2-3-12-22(18)27(24,25)17-10-8-14(20)9-11-17/h4-6,8-11,13,18H,2-3,7,12H2,1H3,(H,21,23)/t18-/m1/s1. The molecular weight excluding hydrogens is 371 g/mol. The zero-order chi connectivity index (χ0) is 19.4. The summed E-state index contributed by atoms with van der Waals surface area (Å²) < 4.78 is 45.4. The Morgan fingerprint density at radius 3 is 2.63 bits per heavy atom. The van der Waals surface area contributed by atoms with Crippen LogP contribution in [0.3, 0.4) is 0 Å². The van der Waals surface area contributed by atoms with Crippen LogP contribution in [0.5, 0.6) is 5.75 Å². The summed E-state index contributed by atoms with van der Waals surface area (Å²) in [6, 6.07) is 10.7. The van der Waals surface area contributed by atoms with Crippen LogP contribution in [0, 0.1) is 5.82 Å². The molecule has 0 bridgehead atoms. The SMILES string of the molecule is COc1cccc(NC(=O)[C@H]2CCCCN2S(=O)(=O)c2ccc(F)cc2)c1. The number of sulfonamides is 1. The van der Waals surface area contributed by atoms with Gasteiger partial charge in [0.1, 0.15) is 17.6 Å². The molecule has 1 amide bonds. The van der Waals surface area contributed by atoms with Crippen molar-refractivity contribution in [3.63, 3.8) is 0 Å². The van der Waals surface area contributed by atoms with Gasteiger partial charge in [-0.1, -0.05) is 12.5 Å². The number of methoxy groups -OCH3 is 1. The lowest BCUT2D eigenvalue weighted by atomic mass is 10.0. The van der Waals surface area contributed by atoms with E-state index in [0.29, 0.717) is 24.3 Å². The van der Waals surface area contributed by atoms with Gasteiger partial charge in [-0.2, -0.15) is 4.31 Å². The Morgan fingerprint density at radius 2 is 1.93 bits per heavy atom. The molecule has 3 rings (SSSR count). The third-order valence-electron chi connectivity index (χ3n) is 4.51. The lowest BCUT2D eigenvalue weighted by Crippen LogP contribution is -2.49. The summed E-state index contributed by atoms with van der Waals surface area (Å²) in [6.45, 7) is 0.246. The van der Waals surface area contributed by atoms with Crippen LogP contribution in [-0.2, 0) is 14.8 Å². The van der Waals surface area contributed by atoms with Crippen LogP contribution in [0.4, 0.5) is 10.1 Å². The summed E-state index contributed by atoms with van der Waals surface area (Å²) in [5, 5.41) is 2.76. The van der Waals surface area contributed by atoms with Gasteiger partial charge < -0.3 is 10.1 Å². The Bertz CT molecular complexity index is 916. The average Bonchev–Trinajstić information content (AvgIpc) is 2.68. The largest absolute Gasteiger partial charge is 0.497 e. The summed E-state index contributed by atoms with van der Waals surface area (Å²) >= 11 is 0. The van der Waals surface area contributed by atoms with Gasteiger partial charge >= 0.3 is 0 Å². The molecule has 1 saturated heterocycles. The first kappa shape index (κ1) is 19.3. The van der Waals surface area contributed by atoms with E-state index in [-0.39, 0.29) is 11.4 Å². The van der Waals surface area contributed by atoms with Crippen LogP contribution in [0.15, 0.2) is 53.4 Å². The van der Waals surface area contributed by atoms with Gasteiger partial charge in [-0.25, -0.2) is 12.8 Å². The number of halogens is 1. The summed E-state index contributed by atoms with van der Waals surface area (Å²) in [6.07, 6.45) is 1.85. The van der Waals surface area contributed by atoms with Crippen molar-refractivity contribution >= 4 is 21.6 Å². The zero-order valence-electron chi connectivity index (χ0n) is 14.9. The van der Waals surface area contributed by atoms with Gasteiger partial charge in [0.15, 0.2) is 0 Å². The van der Waals surface area contributed by atoms with E-state index >= 15 is 0 Å². The van der Waals surface area contributed by atoms with Crippen LogP contribution in [0.2, 0.25) is 0 Å². The lowest BCUT2D eigenvalue weighted by Gasteiger charge is -2.33. The maximum atomic E-state index is 13.1. The first-order valence-electron chi connectivity index (χ1n) is 8.64. The second-order valence-electron chi connectivity index (χ2n) is 6.30. The van der Waals surface area contributed by atoms with E-state index in [0.717, 1.165) is 18.6 Å². The minimum atomic E-state index is -3.90. The monoisotopic (exact) mass is 392 g/mol. The number of benzene rings is 2. The number of anilines is 1. The minimum Gasteiger partial charge on any atom is -0.497 e. The normalized spacial score (nSPS) is 18.1. The van der Waals surface area contributed by atoms with Crippen molar-refractivity contribution in [2.24, 2.45) is 0 Å². The van der Waals surface area contributed by atoms with E-state index in [1.54, 1.807) is 24.3 Å². The third-order valence-corrected chi connectivity index (χ3v) is 6.44. The van der Waals surface area contributed by atoms with E-state index < -0.39 is 27.8 Å². The van der Waals surface area contributed by atoms with Crippen LogP contribution in [-0.4, -0.2) is 38.3 Å². The predicted molar refractivity (Wildman–Crippen MR) is 99.6 cm³/mol. The highest BCUT2D eigenvalue weighted by Gasteiger charge is 2.37. The molecule has 1 aliphatic heterocycles. The summed E-state index contributed by atoms with van der Waals surface area (Å²) in [5.74, 6) is -0.319. The molecule has 1 atom stereocenters. The first-order chi connectivity index (χ1) is 12.9. The third kappa shape index (κ3) is 4.28. The van der Waals surface area contributed by atoms with Gasteiger partial charge in [0.25, 0.3) is 0 Å². The Balaban J connectivity index is 1.84. The molecule has 1 N–H and O–H groups in total. The molecule has 1 heterocycles. The number of ether oxygens (including phenoxy) is 1. The highest BCUT2D eigenvalue weighted by atomic mass is 32.2. The van der Waals surface area contributed by atoms with Crippen molar-refractivity contribution in [1.29, 1.82) is 0 Å². The first-order valence-corrected chi connectivity index (χ1v) is 10.1. The highest BCUT2D eigenvalue weighted by molar-refractivity contribution is 7.89. The molecule has 2 aromatic carbocycles. The number of hydrogen-bond acceptors (Lipinski definition) is 4. The number of piperidine rings is 1. The summed E-state index contributed by atoms with van der Waals surface area (Å²) in [5.41, 5.74) is 0.532. The van der Waals surface area contributed by atoms with E-state index in [1.807, 2.05) is 0 Å². The molecule has 27 heavy (non-hydrogen) atoms. The van der Waals surface area contributed by atoms with Crippen molar-refractivity contribution in [1.82, 2.24) is 4.31 Å². The van der Waals surface area contributed by atoms with E-state index in [1.165, 1.54) is 23.5 Å². The van der Waals surface area contributed by atoms with Crippen LogP contribution >= 0.6 is 0 Å². The van der Waals surface area contributed by atoms with E-state index in [9.17, 15) is 17.6 Å². The summed E-state index contributed by atoms with van der Waals surface area (Å²) in [7, 11) is -2.37. The van der Waals surface area contributed by atoms with Crippen molar-refractivity contribution < 1.29 is 22.3 Å². The predicted octanol–water partition coefficient (Wildman–Crippen LogP) is 3.02. The van der Waals surface area contributed by atoms with Gasteiger partial charge in [0.05, 0.1) is 12.0 Å². The van der Waals surface area contributed by atoms with Crippen molar-refractivity contribution in [3.8, 4) is 5.75 Å². The molecule has 1 fully saturated rings. The van der Waals surface area contributed by atoms with Crippen molar-refractivity contribution in [2.75, 3.05) is 19.0 Å². The molecule has 0 unspecified atom stereocenters. The molecule has 1 aliphatic rings. The average molecular weight is 392 g/mol. The maximum absolute atomic E-state index is 13.1. The molecular formula is C19H21FN2O4S. The Morgan fingerprint density at radius 1 is 1.19 bits per heavy atom. The van der Waals surface area contributed by atoms with Crippen molar-refractivity contribution in [3.05, 3.63) is 54.3 Å². The number of nitrogens with zero attached hydrogens (tertiary/aromatic N) is 1. The van der Waals surface area contributed by atoms with Crippen molar-refractivity contribution in [2.45, 2.75) is 30.2 Å². The van der Waals surface area contributed by atoms with E-state index in [4.69, 9.17) is 4.74 Å². The lowest BCUT2D eigenvalue weighted by molar-refractivity contribution is -0.120. The second-order valence-corrected chi connectivity index (χ2v) is 8.19. The molecule has 0 spiro atoms. The zero-order valence-corrected chi connectivity index (χ0v) is 15.7. The van der Waals surface area contributed by atoms with Gasteiger partial charge in [-0.05, 0) is 49.2 Å². The van der Waals surface area contributed by atoms with Gasteiger partial charge in [-0.15, -0.1) is 0 Å². The molecule has 144 valence electrons. The molecule has 0 aliphatic carbocycles. The Kier molecular flexibility index (Phi) is 5.76. The number of rotatable bonds is 5. The molecule has 0 radical (unpaired) electrons. The maximum Gasteiger partial charge on any atom is 0.243 e. The Hall–Kier alpha value is -2.45. The van der Waals surface area contributed by atoms with Crippen LogP contribution in [0.25, 0.3) is 0 Å². The molecule has 0 saturated carbocycles. The number of hydrogen-bond donors (Lipinski definition) is 1.